The summed E-state index contributed by atoms with van der Waals surface area (Å²) in [7, 11) is 2.22. The Labute approximate surface area is 114 Å². The van der Waals surface area contributed by atoms with E-state index in [0.29, 0.717) is 6.04 Å². The van der Waals surface area contributed by atoms with Crippen LogP contribution in [-0.2, 0) is 0 Å². The number of hydrogen-bond donors (Lipinski definition) is 1. The third kappa shape index (κ3) is 4.52. The van der Waals surface area contributed by atoms with Crippen LogP contribution in [-0.4, -0.2) is 61.2 Å². The lowest BCUT2D eigenvalue weighted by molar-refractivity contribution is 0.0592. The van der Waals surface area contributed by atoms with Gasteiger partial charge in [-0.3, -0.25) is 4.90 Å². The van der Waals surface area contributed by atoms with Crippen molar-refractivity contribution in [2.45, 2.75) is 52.6 Å². The van der Waals surface area contributed by atoms with Crippen molar-refractivity contribution in [1.29, 1.82) is 0 Å². The minimum Gasteiger partial charge on any atom is -0.312 e. The molecule has 0 spiro atoms. The largest absolute Gasteiger partial charge is 0.312 e. The van der Waals surface area contributed by atoms with Gasteiger partial charge < -0.3 is 10.2 Å². The van der Waals surface area contributed by atoms with Gasteiger partial charge >= 0.3 is 0 Å². The molecule has 0 bridgehead atoms. The molecule has 108 valence electrons. The van der Waals surface area contributed by atoms with E-state index in [1.165, 1.54) is 32.6 Å². The highest BCUT2D eigenvalue weighted by atomic mass is 15.3. The Bertz CT molecular complexity index is 232. The molecule has 0 aromatic heterocycles. The average molecular weight is 255 g/mol. The predicted octanol–water partition coefficient (Wildman–Crippen LogP) is 2.04. The molecule has 3 nitrogen and oxygen atoms in total. The third-order valence-corrected chi connectivity index (χ3v) is 4.71. The van der Waals surface area contributed by atoms with Crippen LogP contribution in [0.3, 0.4) is 0 Å². The number of nitrogens with one attached hydrogen (secondary N) is 1. The normalized spacial score (nSPS) is 23.0. The summed E-state index contributed by atoms with van der Waals surface area (Å²) in [5.74, 6) is 0.758. The van der Waals surface area contributed by atoms with Crippen molar-refractivity contribution in [3.63, 3.8) is 0 Å². The lowest BCUT2D eigenvalue weighted by atomic mass is 9.97. The van der Waals surface area contributed by atoms with Crippen LogP contribution in [0.25, 0.3) is 0 Å². The van der Waals surface area contributed by atoms with Gasteiger partial charge in [-0.05, 0) is 33.7 Å². The van der Waals surface area contributed by atoms with Crippen molar-refractivity contribution < 1.29 is 0 Å². The Balaban J connectivity index is 2.39. The lowest BCUT2D eigenvalue weighted by Crippen LogP contribution is -2.58. The van der Waals surface area contributed by atoms with Gasteiger partial charge in [0.15, 0.2) is 0 Å². The second-order valence-electron chi connectivity index (χ2n) is 6.66. The van der Waals surface area contributed by atoms with Gasteiger partial charge in [0.2, 0.25) is 0 Å². The Kier molecular flexibility index (Phi) is 6.09. The molecular formula is C15H33N3. The molecule has 1 aliphatic heterocycles. The maximum absolute atomic E-state index is 3.73. The van der Waals surface area contributed by atoms with E-state index in [2.05, 4.69) is 56.8 Å². The van der Waals surface area contributed by atoms with Crippen LogP contribution >= 0.6 is 0 Å². The molecule has 1 aliphatic rings. The molecule has 0 aliphatic carbocycles. The molecule has 1 N–H and O–H groups in total. The topological polar surface area (TPSA) is 18.5 Å². The molecule has 2 unspecified atom stereocenters. The predicted molar refractivity (Wildman–Crippen MR) is 80.1 cm³/mol. The van der Waals surface area contributed by atoms with Crippen molar-refractivity contribution in [2.24, 2.45) is 5.92 Å². The summed E-state index contributed by atoms with van der Waals surface area (Å²) in [5.41, 5.74) is 0.267. The molecule has 1 fully saturated rings. The lowest BCUT2D eigenvalue weighted by Gasteiger charge is -2.44. The molecule has 0 aromatic carbocycles. The maximum atomic E-state index is 3.73. The molecule has 0 amide bonds. The van der Waals surface area contributed by atoms with Gasteiger partial charge in [-0.15, -0.1) is 0 Å². The quantitative estimate of drug-likeness (QED) is 0.783. The van der Waals surface area contributed by atoms with E-state index in [-0.39, 0.29) is 5.54 Å². The van der Waals surface area contributed by atoms with Crippen molar-refractivity contribution >= 4 is 0 Å². The van der Waals surface area contributed by atoms with E-state index < -0.39 is 0 Å². The number of likely N-dealkylation sites (N-methyl/N-ethyl adjacent to an activating group) is 1. The zero-order valence-electron chi connectivity index (χ0n) is 13.3. The SMILES string of the molecule is CCC(C)C(C)NCC(C)(C)N1CCN(C)CC1. The summed E-state index contributed by atoms with van der Waals surface area (Å²) in [6.45, 7) is 17.5. The highest BCUT2D eigenvalue weighted by Gasteiger charge is 2.29. The maximum Gasteiger partial charge on any atom is 0.0278 e. The number of hydrogen-bond acceptors (Lipinski definition) is 3. The van der Waals surface area contributed by atoms with Gasteiger partial charge in [-0.2, -0.15) is 0 Å². The van der Waals surface area contributed by atoms with Crippen LogP contribution in [0.5, 0.6) is 0 Å². The van der Waals surface area contributed by atoms with Crippen LogP contribution in [0.4, 0.5) is 0 Å². The van der Waals surface area contributed by atoms with Gasteiger partial charge in [0.25, 0.3) is 0 Å². The fourth-order valence-corrected chi connectivity index (χ4v) is 2.49. The Morgan fingerprint density at radius 3 is 2.17 bits per heavy atom. The summed E-state index contributed by atoms with van der Waals surface area (Å²) >= 11 is 0. The Morgan fingerprint density at radius 1 is 1.11 bits per heavy atom. The highest BCUT2D eigenvalue weighted by Crippen LogP contribution is 2.17. The second kappa shape index (κ2) is 6.88. The first kappa shape index (κ1) is 15.9. The fourth-order valence-electron chi connectivity index (χ4n) is 2.49. The van der Waals surface area contributed by atoms with Crippen molar-refractivity contribution in [2.75, 3.05) is 39.8 Å². The molecule has 0 radical (unpaired) electrons. The first-order chi connectivity index (χ1) is 8.36. The molecule has 0 saturated carbocycles. The van der Waals surface area contributed by atoms with E-state index in [1.54, 1.807) is 0 Å². The first-order valence-electron chi connectivity index (χ1n) is 7.53. The number of nitrogens with zero attached hydrogens (tertiary/aromatic N) is 2. The average Bonchev–Trinajstić information content (AvgIpc) is 2.35. The van der Waals surface area contributed by atoms with Crippen LogP contribution in [0.15, 0.2) is 0 Å². The van der Waals surface area contributed by atoms with E-state index in [9.17, 15) is 0 Å². The standard InChI is InChI=1S/C15H33N3/c1-7-13(2)14(3)16-12-15(4,5)18-10-8-17(6)9-11-18/h13-14,16H,7-12H2,1-6H3. The van der Waals surface area contributed by atoms with Crippen molar-refractivity contribution in [3.05, 3.63) is 0 Å². The molecule has 3 heteroatoms. The zero-order chi connectivity index (χ0) is 13.8. The van der Waals surface area contributed by atoms with E-state index in [1.807, 2.05) is 0 Å². The van der Waals surface area contributed by atoms with Gasteiger partial charge in [-0.25, -0.2) is 0 Å². The third-order valence-electron chi connectivity index (χ3n) is 4.71. The molecule has 2 atom stereocenters. The molecular weight excluding hydrogens is 222 g/mol. The summed E-state index contributed by atoms with van der Waals surface area (Å²) in [5, 5.41) is 3.73. The van der Waals surface area contributed by atoms with E-state index in [0.717, 1.165) is 12.5 Å². The highest BCUT2D eigenvalue weighted by molar-refractivity contribution is 4.88. The number of piperazine rings is 1. The van der Waals surface area contributed by atoms with E-state index in [4.69, 9.17) is 0 Å². The minimum absolute atomic E-state index is 0.267. The summed E-state index contributed by atoms with van der Waals surface area (Å²) < 4.78 is 0. The zero-order valence-corrected chi connectivity index (χ0v) is 13.3. The second-order valence-corrected chi connectivity index (χ2v) is 6.66. The van der Waals surface area contributed by atoms with E-state index >= 15 is 0 Å². The van der Waals surface area contributed by atoms with Crippen LogP contribution < -0.4 is 5.32 Å². The number of rotatable bonds is 6. The smallest absolute Gasteiger partial charge is 0.0278 e. The first-order valence-corrected chi connectivity index (χ1v) is 7.53. The van der Waals surface area contributed by atoms with Crippen LogP contribution in [0.1, 0.15) is 41.0 Å². The van der Waals surface area contributed by atoms with Crippen molar-refractivity contribution in [3.8, 4) is 0 Å². The summed E-state index contributed by atoms with van der Waals surface area (Å²) in [6, 6.07) is 0.613. The molecule has 0 aromatic rings. The van der Waals surface area contributed by atoms with Crippen LogP contribution in [0, 0.1) is 5.92 Å². The minimum atomic E-state index is 0.267. The Morgan fingerprint density at radius 2 is 1.67 bits per heavy atom. The monoisotopic (exact) mass is 255 g/mol. The molecule has 1 saturated heterocycles. The fraction of sp³-hybridized carbons (Fsp3) is 1.00. The van der Waals surface area contributed by atoms with Gasteiger partial charge in [0, 0.05) is 44.3 Å². The van der Waals surface area contributed by atoms with Crippen LogP contribution in [0.2, 0.25) is 0 Å². The molecule has 18 heavy (non-hydrogen) atoms. The molecule has 1 heterocycles. The Hall–Kier alpha value is -0.120. The van der Waals surface area contributed by atoms with Gasteiger partial charge in [-0.1, -0.05) is 20.3 Å². The summed E-state index contributed by atoms with van der Waals surface area (Å²) in [6.07, 6.45) is 1.25. The van der Waals surface area contributed by atoms with Gasteiger partial charge in [0.1, 0.15) is 0 Å². The van der Waals surface area contributed by atoms with Gasteiger partial charge in [0.05, 0.1) is 0 Å². The molecule has 1 rings (SSSR count). The van der Waals surface area contributed by atoms with Crippen molar-refractivity contribution in [1.82, 2.24) is 15.1 Å². The summed E-state index contributed by atoms with van der Waals surface area (Å²) in [4.78, 5) is 5.05.